The van der Waals surface area contributed by atoms with Gasteiger partial charge in [-0.2, -0.15) is 0 Å². The maximum Gasteiger partial charge on any atom is 0.0809 e. The van der Waals surface area contributed by atoms with Gasteiger partial charge in [-0.3, -0.25) is 0 Å². The van der Waals surface area contributed by atoms with Gasteiger partial charge in [-0.05, 0) is 42.0 Å². The summed E-state index contributed by atoms with van der Waals surface area (Å²) in [7, 11) is 0. The first-order valence-corrected chi connectivity index (χ1v) is 9.67. The van der Waals surface area contributed by atoms with Crippen LogP contribution >= 0.6 is 70.0 Å². The van der Waals surface area contributed by atoms with Crippen molar-refractivity contribution in [1.29, 1.82) is 0 Å². The first-order valence-electron chi connectivity index (χ1n) is 6.97. The lowest BCUT2D eigenvalue weighted by molar-refractivity contribution is 1.04. The Morgan fingerprint density at radius 3 is 1.91 bits per heavy atom. The van der Waals surface area contributed by atoms with E-state index in [0.717, 1.165) is 18.5 Å². The molecular weight excluding hydrogens is 416 g/mol. The van der Waals surface area contributed by atoms with E-state index in [1.54, 1.807) is 0 Å². The SMILES string of the molecule is CCc1cccc(NSc2c(Cl)c(Cl)c(Cl)c(Cl)c2Cl)c1CC. The number of benzene rings is 2. The number of aryl methyl sites for hydroxylation is 1. The molecule has 0 bridgehead atoms. The van der Waals surface area contributed by atoms with Crippen LogP contribution in [-0.4, -0.2) is 0 Å². The van der Waals surface area contributed by atoms with E-state index in [-0.39, 0.29) is 25.1 Å². The van der Waals surface area contributed by atoms with Crippen molar-refractivity contribution in [3.8, 4) is 0 Å². The fourth-order valence-corrected chi connectivity index (χ4v) is 4.53. The third-order valence-electron chi connectivity index (χ3n) is 3.44. The van der Waals surface area contributed by atoms with Crippen LogP contribution in [0.25, 0.3) is 0 Å². The molecule has 0 saturated heterocycles. The monoisotopic (exact) mass is 427 g/mol. The van der Waals surface area contributed by atoms with Crippen molar-refractivity contribution in [1.82, 2.24) is 0 Å². The highest BCUT2D eigenvalue weighted by Crippen LogP contribution is 2.48. The van der Waals surface area contributed by atoms with Crippen molar-refractivity contribution in [2.45, 2.75) is 31.6 Å². The number of anilines is 1. The zero-order valence-corrected chi connectivity index (χ0v) is 17.0. The second-order valence-electron chi connectivity index (χ2n) is 4.75. The molecule has 0 aromatic heterocycles. The molecule has 0 amide bonds. The van der Waals surface area contributed by atoms with E-state index in [9.17, 15) is 0 Å². The zero-order chi connectivity index (χ0) is 17.1. The molecule has 0 aliphatic carbocycles. The summed E-state index contributed by atoms with van der Waals surface area (Å²) >= 11 is 32.0. The van der Waals surface area contributed by atoms with E-state index < -0.39 is 0 Å². The molecule has 0 heterocycles. The molecule has 23 heavy (non-hydrogen) atoms. The highest BCUT2D eigenvalue weighted by Gasteiger charge is 2.20. The van der Waals surface area contributed by atoms with Crippen LogP contribution < -0.4 is 4.72 Å². The molecule has 2 rings (SSSR count). The summed E-state index contributed by atoms with van der Waals surface area (Å²) < 4.78 is 3.30. The molecule has 0 spiro atoms. The predicted molar refractivity (Wildman–Crippen MR) is 106 cm³/mol. The van der Waals surface area contributed by atoms with Crippen LogP contribution in [0.15, 0.2) is 23.1 Å². The first-order chi connectivity index (χ1) is 10.9. The fraction of sp³-hybridized carbons (Fsp3) is 0.250. The van der Waals surface area contributed by atoms with Crippen molar-refractivity contribution in [3.05, 3.63) is 54.4 Å². The second-order valence-corrected chi connectivity index (χ2v) is 7.46. The van der Waals surface area contributed by atoms with Gasteiger partial charge in [0.15, 0.2) is 0 Å². The van der Waals surface area contributed by atoms with E-state index in [0.29, 0.717) is 4.90 Å². The molecule has 7 heteroatoms. The van der Waals surface area contributed by atoms with E-state index in [2.05, 4.69) is 24.6 Å². The molecule has 0 saturated carbocycles. The Balaban J connectivity index is 2.36. The Labute approximate surface area is 165 Å². The number of hydrogen-bond acceptors (Lipinski definition) is 2. The molecular formula is C16H14Cl5NS. The summed E-state index contributed by atoms with van der Waals surface area (Å²) in [5.41, 5.74) is 3.59. The lowest BCUT2D eigenvalue weighted by Gasteiger charge is -2.16. The largest absolute Gasteiger partial charge is 0.325 e. The van der Waals surface area contributed by atoms with Gasteiger partial charge in [0.1, 0.15) is 0 Å². The summed E-state index contributed by atoms with van der Waals surface area (Å²) in [6.07, 6.45) is 1.90. The third-order valence-corrected chi connectivity index (χ3v) is 6.88. The van der Waals surface area contributed by atoms with Crippen LogP contribution in [-0.2, 0) is 12.8 Å². The van der Waals surface area contributed by atoms with Crippen LogP contribution in [0.1, 0.15) is 25.0 Å². The molecule has 0 aliphatic rings. The van der Waals surface area contributed by atoms with Gasteiger partial charge in [0.25, 0.3) is 0 Å². The van der Waals surface area contributed by atoms with E-state index in [1.807, 2.05) is 12.1 Å². The predicted octanol–water partition coefficient (Wildman–Crippen LogP) is 8.20. The van der Waals surface area contributed by atoms with E-state index >= 15 is 0 Å². The van der Waals surface area contributed by atoms with Crippen molar-refractivity contribution in [2.75, 3.05) is 4.72 Å². The van der Waals surface area contributed by atoms with Crippen molar-refractivity contribution in [3.63, 3.8) is 0 Å². The van der Waals surface area contributed by atoms with Crippen LogP contribution in [0.2, 0.25) is 25.1 Å². The third kappa shape index (κ3) is 4.00. The maximum absolute atomic E-state index is 6.25. The Morgan fingerprint density at radius 1 is 0.826 bits per heavy atom. The zero-order valence-electron chi connectivity index (χ0n) is 12.4. The Kier molecular flexibility index (Phi) is 7.09. The number of halogens is 5. The van der Waals surface area contributed by atoms with Gasteiger partial charge in [-0.15, -0.1) is 0 Å². The second kappa shape index (κ2) is 8.42. The quantitative estimate of drug-likeness (QED) is 0.292. The van der Waals surface area contributed by atoms with E-state index in [4.69, 9.17) is 58.0 Å². The lowest BCUT2D eigenvalue weighted by Crippen LogP contribution is -1.98. The van der Waals surface area contributed by atoms with Crippen LogP contribution in [0.4, 0.5) is 5.69 Å². The standard InChI is InChI=1S/C16H14Cl5NS/c1-3-8-6-5-7-10(9(8)4-2)22-23-16-14(20)12(18)11(17)13(19)15(16)21/h5-7,22H,3-4H2,1-2H3. The molecule has 0 fully saturated rings. The van der Waals surface area contributed by atoms with Gasteiger partial charge in [-0.25, -0.2) is 0 Å². The van der Waals surface area contributed by atoms with Crippen LogP contribution in [0.3, 0.4) is 0 Å². The number of nitrogens with one attached hydrogen (secondary N) is 1. The topological polar surface area (TPSA) is 12.0 Å². The molecule has 2 aromatic carbocycles. The van der Waals surface area contributed by atoms with E-state index in [1.165, 1.54) is 23.1 Å². The van der Waals surface area contributed by atoms with Crippen molar-refractivity contribution < 1.29 is 0 Å². The van der Waals surface area contributed by atoms with Crippen molar-refractivity contribution >= 4 is 75.6 Å². The molecule has 0 aliphatic heterocycles. The minimum Gasteiger partial charge on any atom is -0.325 e. The maximum atomic E-state index is 6.25. The number of hydrogen-bond donors (Lipinski definition) is 1. The van der Waals surface area contributed by atoms with Crippen LogP contribution in [0.5, 0.6) is 0 Å². The van der Waals surface area contributed by atoms with Gasteiger partial charge in [0.2, 0.25) is 0 Å². The van der Waals surface area contributed by atoms with Gasteiger partial charge >= 0.3 is 0 Å². The molecule has 2 aromatic rings. The average Bonchev–Trinajstić information content (AvgIpc) is 2.57. The van der Waals surface area contributed by atoms with Crippen molar-refractivity contribution in [2.24, 2.45) is 0 Å². The Bertz CT molecular complexity index is 704. The van der Waals surface area contributed by atoms with Crippen LogP contribution in [0, 0.1) is 0 Å². The summed E-state index contributed by atoms with van der Waals surface area (Å²) in [6.45, 7) is 4.26. The van der Waals surface area contributed by atoms with Gasteiger partial charge in [0, 0.05) is 5.69 Å². The fourth-order valence-electron chi connectivity index (χ4n) is 2.26. The molecule has 0 unspecified atom stereocenters. The molecule has 1 nitrogen and oxygen atoms in total. The van der Waals surface area contributed by atoms with Gasteiger partial charge in [-0.1, -0.05) is 84.0 Å². The minimum absolute atomic E-state index is 0.162. The first kappa shape index (κ1) is 19.4. The molecule has 0 radical (unpaired) electrons. The molecule has 124 valence electrons. The van der Waals surface area contributed by atoms with Gasteiger partial charge in [0.05, 0.1) is 30.0 Å². The summed E-state index contributed by atoms with van der Waals surface area (Å²) in [6, 6.07) is 6.17. The highest BCUT2D eigenvalue weighted by atomic mass is 35.5. The van der Waals surface area contributed by atoms with Gasteiger partial charge < -0.3 is 4.72 Å². The Hall–Kier alpha value is 0.0400. The summed E-state index contributed by atoms with van der Waals surface area (Å²) in [4.78, 5) is 0.552. The molecule has 0 atom stereocenters. The summed E-state index contributed by atoms with van der Waals surface area (Å²) in [5, 5.41) is 1.13. The molecule has 1 N–H and O–H groups in total. The number of rotatable bonds is 5. The Morgan fingerprint density at radius 2 is 1.39 bits per heavy atom. The normalized spacial score (nSPS) is 10.9. The lowest BCUT2D eigenvalue weighted by atomic mass is 10.0. The average molecular weight is 430 g/mol. The summed E-state index contributed by atoms with van der Waals surface area (Å²) in [5.74, 6) is 0. The minimum atomic E-state index is 0.162. The highest BCUT2D eigenvalue weighted by molar-refractivity contribution is 8.00. The smallest absolute Gasteiger partial charge is 0.0809 e.